The summed E-state index contributed by atoms with van der Waals surface area (Å²) in [5.41, 5.74) is 21.9. The van der Waals surface area contributed by atoms with E-state index in [9.17, 15) is 0 Å². The molecule has 0 radical (unpaired) electrons. The molecule has 3 aliphatic rings. The summed E-state index contributed by atoms with van der Waals surface area (Å²) >= 11 is 0. The first-order valence-electron chi connectivity index (χ1n) is 22.1. The van der Waals surface area contributed by atoms with Gasteiger partial charge in [-0.1, -0.05) is 164 Å². The maximum atomic E-state index is 2.49. The second kappa shape index (κ2) is 15.2. The highest BCUT2D eigenvalue weighted by atomic mass is 15.1. The molecule has 0 saturated carbocycles. The van der Waals surface area contributed by atoms with E-state index < -0.39 is 5.41 Å². The van der Waals surface area contributed by atoms with Gasteiger partial charge in [-0.3, -0.25) is 0 Å². The predicted octanol–water partition coefficient (Wildman–Crippen LogP) is 16.2. The van der Waals surface area contributed by atoms with E-state index in [4.69, 9.17) is 0 Å². The third-order valence-corrected chi connectivity index (χ3v) is 13.3. The number of benzene rings is 9. The standard InChI is InChI=1S/C61H44N2/c1-5-17-47(18-6-1)62(48-19-7-2-8-20-48)51-35-29-43(30-36-51)45-33-39-55-56-40-34-46(44-31-37-52(38-32-44)63(49-21-9-3-10-22-49)50-23-11-4-12-24-50)42-60(56)61(59(55)41-45)57-27-15-13-25-53(57)54-26-14-16-28-58(54)61/h1-3,5-11,13-42H,4,12H2. The Morgan fingerprint density at radius 2 is 0.683 bits per heavy atom. The zero-order valence-corrected chi connectivity index (χ0v) is 34.9. The van der Waals surface area contributed by atoms with E-state index in [1.807, 2.05) is 0 Å². The molecule has 3 aliphatic carbocycles. The van der Waals surface area contributed by atoms with Gasteiger partial charge in [-0.25, -0.2) is 0 Å². The second-order valence-corrected chi connectivity index (χ2v) is 16.7. The molecule has 12 rings (SSSR count). The summed E-state index contributed by atoms with van der Waals surface area (Å²) in [5.74, 6) is 0. The lowest BCUT2D eigenvalue weighted by atomic mass is 9.70. The van der Waals surface area contributed by atoms with Crippen LogP contribution in [-0.4, -0.2) is 0 Å². The first-order valence-corrected chi connectivity index (χ1v) is 22.1. The van der Waals surface area contributed by atoms with Crippen LogP contribution in [0, 0.1) is 0 Å². The highest BCUT2D eigenvalue weighted by molar-refractivity contribution is 5.97. The lowest BCUT2D eigenvalue weighted by Gasteiger charge is -2.31. The van der Waals surface area contributed by atoms with Gasteiger partial charge in [0.25, 0.3) is 0 Å². The van der Waals surface area contributed by atoms with Crippen LogP contribution in [0.5, 0.6) is 0 Å². The van der Waals surface area contributed by atoms with Crippen molar-refractivity contribution >= 4 is 28.4 Å². The average molecular weight is 805 g/mol. The van der Waals surface area contributed by atoms with Crippen molar-refractivity contribution in [2.45, 2.75) is 18.3 Å². The third kappa shape index (κ3) is 6.02. The monoisotopic (exact) mass is 804 g/mol. The molecule has 2 nitrogen and oxygen atoms in total. The number of hydrogen-bond donors (Lipinski definition) is 0. The van der Waals surface area contributed by atoms with E-state index in [2.05, 4.69) is 252 Å². The first kappa shape index (κ1) is 36.9. The minimum atomic E-state index is -0.467. The van der Waals surface area contributed by atoms with E-state index in [1.165, 1.54) is 72.5 Å². The molecular formula is C61H44N2. The largest absolute Gasteiger partial charge is 0.311 e. The molecule has 0 atom stereocenters. The van der Waals surface area contributed by atoms with Gasteiger partial charge in [0.1, 0.15) is 0 Å². The van der Waals surface area contributed by atoms with Crippen LogP contribution >= 0.6 is 0 Å². The molecule has 0 aromatic heterocycles. The third-order valence-electron chi connectivity index (χ3n) is 13.3. The Labute approximate surface area is 370 Å². The van der Waals surface area contributed by atoms with E-state index in [0.717, 1.165) is 41.3 Å². The summed E-state index contributed by atoms with van der Waals surface area (Å²) in [6.45, 7) is 0. The molecule has 0 N–H and O–H groups in total. The first-order chi connectivity index (χ1) is 31.3. The summed E-state index contributed by atoms with van der Waals surface area (Å²) in [5, 5.41) is 0. The summed E-state index contributed by atoms with van der Waals surface area (Å²) in [4.78, 5) is 4.69. The second-order valence-electron chi connectivity index (χ2n) is 16.7. The van der Waals surface area contributed by atoms with Crippen molar-refractivity contribution in [2.75, 3.05) is 9.80 Å². The fraction of sp³-hybridized carbons (Fsp3) is 0.0492. The van der Waals surface area contributed by atoms with E-state index in [0.29, 0.717) is 0 Å². The molecule has 63 heavy (non-hydrogen) atoms. The summed E-state index contributed by atoms with van der Waals surface area (Å²) < 4.78 is 0. The highest BCUT2D eigenvalue weighted by Gasteiger charge is 2.51. The number of fused-ring (bicyclic) bond motifs is 10. The van der Waals surface area contributed by atoms with Crippen molar-refractivity contribution in [3.63, 3.8) is 0 Å². The average Bonchev–Trinajstić information content (AvgIpc) is 3.83. The van der Waals surface area contributed by atoms with Crippen LogP contribution in [0.25, 0.3) is 44.5 Å². The summed E-state index contributed by atoms with van der Waals surface area (Å²) in [6, 6.07) is 82.7. The van der Waals surface area contributed by atoms with E-state index in [1.54, 1.807) is 0 Å². The Balaban J connectivity index is 0.973. The molecule has 298 valence electrons. The molecule has 0 bridgehead atoms. The topological polar surface area (TPSA) is 6.48 Å². The molecule has 0 aliphatic heterocycles. The number of para-hydroxylation sites is 3. The molecule has 0 amide bonds. The van der Waals surface area contributed by atoms with Gasteiger partial charge < -0.3 is 9.80 Å². The van der Waals surface area contributed by atoms with Gasteiger partial charge >= 0.3 is 0 Å². The number of anilines is 5. The zero-order valence-electron chi connectivity index (χ0n) is 34.9. The molecule has 0 heterocycles. The quantitative estimate of drug-likeness (QED) is 0.151. The lowest BCUT2D eigenvalue weighted by Crippen LogP contribution is -2.26. The summed E-state index contributed by atoms with van der Waals surface area (Å²) in [7, 11) is 0. The number of hydrogen-bond acceptors (Lipinski definition) is 2. The van der Waals surface area contributed by atoms with Crippen LogP contribution in [0.2, 0.25) is 0 Å². The van der Waals surface area contributed by atoms with Gasteiger partial charge in [-0.05, 0) is 158 Å². The maximum absolute atomic E-state index is 2.49. The van der Waals surface area contributed by atoms with Crippen molar-refractivity contribution < 1.29 is 0 Å². The predicted molar refractivity (Wildman–Crippen MR) is 263 cm³/mol. The minimum absolute atomic E-state index is 0.467. The van der Waals surface area contributed by atoms with Crippen LogP contribution in [0.15, 0.2) is 248 Å². The van der Waals surface area contributed by atoms with Gasteiger partial charge in [-0.2, -0.15) is 0 Å². The van der Waals surface area contributed by atoms with E-state index in [-0.39, 0.29) is 0 Å². The number of rotatable bonds is 8. The molecule has 2 heteroatoms. The Morgan fingerprint density at radius 1 is 0.302 bits per heavy atom. The van der Waals surface area contributed by atoms with Gasteiger partial charge in [0.15, 0.2) is 0 Å². The van der Waals surface area contributed by atoms with Gasteiger partial charge in [0, 0.05) is 34.1 Å². The number of allylic oxidation sites excluding steroid dienone is 3. The van der Waals surface area contributed by atoms with Gasteiger partial charge in [-0.15, -0.1) is 0 Å². The van der Waals surface area contributed by atoms with Crippen molar-refractivity contribution in [3.8, 4) is 44.5 Å². The van der Waals surface area contributed by atoms with Gasteiger partial charge in [0.2, 0.25) is 0 Å². The SMILES string of the molecule is C1=CC(N(c2ccccc2)c2ccc(-c3ccc4c(c3)C3(c5ccccc5-c5ccccc53)c3cc(-c5ccc(N(c6ccccc6)c6ccccc6)cc5)ccc3-4)cc2)=CCC1. The zero-order chi connectivity index (χ0) is 41.7. The van der Waals surface area contributed by atoms with Crippen LogP contribution in [0.1, 0.15) is 35.1 Å². The fourth-order valence-corrected chi connectivity index (χ4v) is 10.5. The molecule has 1 spiro atoms. The van der Waals surface area contributed by atoms with Crippen LogP contribution in [-0.2, 0) is 5.41 Å². The normalized spacial score (nSPS) is 13.7. The summed E-state index contributed by atoms with van der Waals surface area (Å²) in [6.07, 6.45) is 9.02. The Morgan fingerprint density at radius 3 is 1.14 bits per heavy atom. The maximum Gasteiger partial charge on any atom is 0.0725 e. The minimum Gasteiger partial charge on any atom is -0.311 e. The smallest absolute Gasteiger partial charge is 0.0725 e. The Kier molecular flexibility index (Phi) is 8.90. The fourth-order valence-electron chi connectivity index (χ4n) is 10.5. The van der Waals surface area contributed by atoms with Crippen molar-refractivity contribution in [2.24, 2.45) is 0 Å². The van der Waals surface area contributed by atoms with Crippen molar-refractivity contribution in [1.82, 2.24) is 0 Å². The molecule has 9 aromatic carbocycles. The molecule has 9 aromatic rings. The molecule has 0 unspecified atom stereocenters. The van der Waals surface area contributed by atoms with Crippen LogP contribution in [0.3, 0.4) is 0 Å². The Hall–Kier alpha value is -7.94. The Bertz CT molecular complexity index is 3110. The lowest BCUT2D eigenvalue weighted by molar-refractivity contribution is 0.794. The molecule has 0 fully saturated rings. The highest BCUT2D eigenvalue weighted by Crippen LogP contribution is 2.63. The van der Waals surface area contributed by atoms with E-state index >= 15 is 0 Å². The number of nitrogens with zero attached hydrogens (tertiary/aromatic N) is 2. The van der Waals surface area contributed by atoms with Crippen molar-refractivity contribution in [1.29, 1.82) is 0 Å². The van der Waals surface area contributed by atoms with Crippen LogP contribution in [0.4, 0.5) is 28.4 Å². The molecular weight excluding hydrogens is 761 g/mol. The molecule has 0 saturated heterocycles. The van der Waals surface area contributed by atoms with Crippen LogP contribution < -0.4 is 9.80 Å². The van der Waals surface area contributed by atoms with Gasteiger partial charge in [0.05, 0.1) is 5.41 Å². The van der Waals surface area contributed by atoms with Crippen molar-refractivity contribution in [3.05, 3.63) is 271 Å².